The van der Waals surface area contributed by atoms with Crippen LogP contribution in [0.5, 0.6) is 0 Å². The number of aliphatic carboxylic acids is 1. The van der Waals surface area contributed by atoms with Crippen LogP contribution < -0.4 is 5.32 Å². The lowest BCUT2D eigenvalue weighted by Crippen LogP contribution is -2.41. The fraction of sp³-hybridized carbons (Fsp3) is 0.467. The van der Waals surface area contributed by atoms with E-state index in [1.165, 1.54) is 0 Å². The Morgan fingerprint density at radius 1 is 1.21 bits per heavy atom. The van der Waals surface area contributed by atoms with Crippen molar-refractivity contribution < 1.29 is 32.6 Å². The highest BCUT2D eigenvalue weighted by Crippen LogP contribution is 2.44. The van der Waals surface area contributed by atoms with Crippen LogP contribution in [0.3, 0.4) is 0 Å². The molecule has 24 heavy (non-hydrogen) atoms. The van der Waals surface area contributed by atoms with E-state index in [0.29, 0.717) is 12.8 Å². The van der Waals surface area contributed by atoms with Gasteiger partial charge in [-0.05, 0) is 31.0 Å². The fourth-order valence-electron chi connectivity index (χ4n) is 3.34. The van der Waals surface area contributed by atoms with Gasteiger partial charge in [-0.3, -0.25) is 9.59 Å². The highest BCUT2D eigenvalue weighted by Gasteiger charge is 2.55. The Bertz CT molecular complexity index is 694. The van der Waals surface area contributed by atoms with Gasteiger partial charge in [0.1, 0.15) is 0 Å². The number of alkyl halides is 3. The van der Waals surface area contributed by atoms with E-state index >= 15 is 0 Å². The Morgan fingerprint density at radius 3 is 2.42 bits per heavy atom. The van der Waals surface area contributed by atoms with Crippen LogP contribution >= 0.6 is 11.6 Å². The molecule has 2 saturated heterocycles. The van der Waals surface area contributed by atoms with Gasteiger partial charge in [0.05, 0.1) is 40.3 Å². The Labute approximate surface area is 139 Å². The minimum Gasteiger partial charge on any atom is -0.481 e. The SMILES string of the molecule is O=C(O)[C@@H]1[C@H](C(=O)Nc2cc(C(F)(F)F)ccc2Cl)[C@H]2CC[C@H]1O2. The van der Waals surface area contributed by atoms with E-state index in [4.69, 9.17) is 16.3 Å². The maximum atomic E-state index is 12.8. The van der Waals surface area contributed by atoms with Crippen molar-refractivity contribution in [1.29, 1.82) is 0 Å². The number of anilines is 1. The Hall–Kier alpha value is -1.80. The van der Waals surface area contributed by atoms with Crippen molar-refractivity contribution in [2.45, 2.75) is 31.2 Å². The van der Waals surface area contributed by atoms with Gasteiger partial charge in [-0.1, -0.05) is 11.6 Å². The molecule has 4 atom stereocenters. The van der Waals surface area contributed by atoms with Crippen molar-refractivity contribution in [2.75, 3.05) is 5.32 Å². The molecule has 1 amide bonds. The van der Waals surface area contributed by atoms with Crippen LogP contribution in [0.1, 0.15) is 18.4 Å². The largest absolute Gasteiger partial charge is 0.481 e. The summed E-state index contributed by atoms with van der Waals surface area (Å²) in [5.74, 6) is -3.81. The molecular weight excluding hydrogens is 351 g/mol. The zero-order valence-corrected chi connectivity index (χ0v) is 12.9. The van der Waals surface area contributed by atoms with Crippen molar-refractivity contribution >= 4 is 29.2 Å². The summed E-state index contributed by atoms with van der Waals surface area (Å²) in [4.78, 5) is 23.8. The molecule has 2 N–H and O–H groups in total. The first-order chi connectivity index (χ1) is 11.2. The molecule has 2 aliphatic heterocycles. The number of carboxylic acids is 1. The second-order valence-corrected chi connectivity index (χ2v) is 6.27. The van der Waals surface area contributed by atoms with Crippen molar-refractivity contribution in [3.8, 4) is 0 Å². The maximum Gasteiger partial charge on any atom is 0.416 e. The molecule has 1 aromatic carbocycles. The normalized spacial score (nSPS) is 28.8. The van der Waals surface area contributed by atoms with Crippen LogP contribution in [0.15, 0.2) is 18.2 Å². The Kier molecular flexibility index (Phi) is 4.21. The highest BCUT2D eigenvalue weighted by molar-refractivity contribution is 6.33. The lowest BCUT2D eigenvalue weighted by Gasteiger charge is -2.24. The van der Waals surface area contributed by atoms with E-state index in [9.17, 15) is 27.9 Å². The molecule has 9 heteroatoms. The van der Waals surface area contributed by atoms with E-state index in [0.717, 1.165) is 18.2 Å². The van der Waals surface area contributed by atoms with Crippen LogP contribution in [0.4, 0.5) is 18.9 Å². The van der Waals surface area contributed by atoms with Crippen LogP contribution in [0.2, 0.25) is 5.02 Å². The van der Waals surface area contributed by atoms with Gasteiger partial charge in [0.25, 0.3) is 0 Å². The molecule has 0 saturated carbocycles. The van der Waals surface area contributed by atoms with E-state index in [2.05, 4.69) is 5.32 Å². The van der Waals surface area contributed by atoms with Crippen LogP contribution in [-0.4, -0.2) is 29.2 Å². The zero-order valence-electron chi connectivity index (χ0n) is 12.1. The molecule has 5 nitrogen and oxygen atoms in total. The molecule has 0 spiro atoms. The average Bonchev–Trinajstić information content (AvgIpc) is 3.08. The molecule has 2 bridgehead atoms. The van der Waals surface area contributed by atoms with Crippen LogP contribution in [-0.2, 0) is 20.5 Å². The highest BCUT2D eigenvalue weighted by atomic mass is 35.5. The summed E-state index contributed by atoms with van der Waals surface area (Å²) in [6.45, 7) is 0. The average molecular weight is 364 g/mol. The number of nitrogens with one attached hydrogen (secondary N) is 1. The predicted octanol–water partition coefficient (Wildman–Crippen LogP) is 3.18. The lowest BCUT2D eigenvalue weighted by atomic mass is 9.78. The zero-order chi connectivity index (χ0) is 17.6. The molecule has 0 unspecified atom stereocenters. The molecule has 0 aliphatic carbocycles. The Balaban J connectivity index is 1.83. The standard InChI is InChI=1S/C15H13ClF3NO4/c16-7-2-1-6(15(17,18)19)5-8(7)20-13(21)11-9-3-4-10(24-9)12(11)14(22)23/h1-2,5,9-12H,3-4H2,(H,20,21)(H,22,23)/t9-,10-,11-,12+/m1/s1. The minimum atomic E-state index is -4.58. The number of halogens is 4. The number of benzene rings is 1. The molecule has 2 heterocycles. The number of hydrogen-bond acceptors (Lipinski definition) is 3. The van der Waals surface area contributed by atoms with Crippen molar-refractivity contribution in [3.63, 3.8) is 0 Å². The van der Waals surface area contributed by atoms with Gasteiger partial charge in [0, 0.05) is 0 Å². The van der Waals surface area contributed by atoms with Gasteiger partial charge in [-0.25, -0.2) is 0 Å². The van der Waals surface area contributed by atoms with Gasteiger partial charge in [0.2, 0.25) is 5.91 Å². The third-order valence-corrected chi connectivity index (χ3v) is 4.74. The number of carbonyl (C=O) groups is 2. The molecular formula is C15H13ClF3NO4. The first-order valence-electron chi connectivity index (χ1n) is 7.24. The minimum absolute atomic E-state index is 0.0627. The van der Waals surface area contributed by atoms with Gasteiger partial charge in [0.15, 0.2) is 0 Å². The number of carboxylic acid groups (broad SMARTS) is 1. The van der Waals surface area contributed by atoms with Crippen LogP contribution in [0, 0.1) is 11.8 Å². The van der Waals surface area contributed by atoms with Gasteiger partial charge >= 0.3 is 12.1 Å². The molecule has 0 radical (unpaired) electrons. The number of fused-ring (bicyclic) bond motifs is 2. The van der Waals surface area contributed by atoms with E-state index < -0.39 is 47.7 Å². The molecule has 0 aromatic heterocycles. The molecule has 2 aliphatic rings. The van der Waals surface area contributed by atoms with Gasteiger partial charge in [-0.2, -0.15) is 13.2 Å². The topological polar surface area (TPSA) is 75.6 Å². The molecule has 3 rings (SSSR count). The number of hydrogen-bond donors (Lipinski definition) is 2. The number of carbonyl (C=O) groups excluding carboxylic acids is 1. The van der Waals surface area contributed by atoms with Crippen molar-refractivity contribution in [3.05, 3.63) is 28.8 Å². The maximum absolute atomic E-state index is 12.8. The first kappa shape index (κ1) is 17.0. The second kappa shape index (κ2) is 5.93. The van der Waals surface area contributed by atoms with Crippen LogP contribution in [0.25, 0.3) is 0 Å². The fourth-order valence-corrected chi connectivity index (χ4v) is 3.50. The van der Waals surface area contributed by atoms with Crippen molar-refractivity contribution in [2.24, 2.45) is 11.8 Å². The predicted molar refractivity (Wildman–Crippen MR) is 77.6 cm³/mol. The number of rotatable bonds is 3. The van der Waals surface area contributed by atoms with E-state index in [1.807, 2.05) is 0 Å². The third kappa shape index (κ3) is 2.95. The molecule has 130 valence electrons. The smallest absolute Gasteiger partial charge is 0.416 e. The number of ether oxygens (including phenoxy) is 1. The van der Waals surface area contributed by atoms with E-state index in [1.54, 1.807) is 0 Å². The second-order valence-electron chi connectivity index (χ2n) is 5.86. The summed E-state index contributed by atoms with van der Waals surface area (Å²) in [5, 5.41) is 11.5. The summed E-state index contributed by atoms with van der Waals surface area (Å²) >= 11 is 5.85. The molecule has 1 aromatic rings. The van der Waals surface area contributed by atoms with Gasteiger partial charge < -0.3 is 15.2 Å². The summed E-state index contributed by atoms with van der Waals surface area (Å²) in [6.07, 6.45) is -4.57. The summed E-state index contributed by atoms with van der Waals surface area (Å²) in [7, 11) is 0. The summed E-state index contributed by atoms with van der Waals surface area (Å²) in [5.41, 5.74) is -1.16. The monoisotopic (exact) mass is 363 g/mol. The molecule has 2 fully saturated rings. The Morgan fingerprint density at radius 2 is 1.83 bits per heavy atom. The van der Waals surface area contributed by atoms with Crippen molar-refractivity contribution in [1.82, 2.24) is 0 Å². The number of amides is 1. The quantitative estimate of drug-likeness (QED) is 0.865. The van der Waals surface area contributed by atoms with Gasteiger partial charge in [-0.15, -0.1) is 0 Å². The third-order valence-electron chi connectivity index (χ3n) is 4.41. The summed E-state index contributed by atoms with van der Waals surface area (Å²) in [6, 6.07) is 2.56. The lowest BCUT2D eigenvalue weighted by molar-refractivity contribution is -0.147. The summed E-state index contributed by atoms with van der Waals surface area (Å²) < 4.78 is 43.8. The first-order valence-corrected chi connectivity index (χ1v) is 7.62. The van der Waals surface area contributed by atoms with E-state index in [-0.39, 0.29) is 10.7 Å².